The first-order valence-electron chi connectivity index (χ1n) is 7.65. The van der Waals surface area contributed by atoms with Crippen molar-refractivity contribution in [2.45, 2.75) is 39.3 Å². The van der Waals surface area contributed by atoms with Gasteiger partial charge in [-0.05, 0) is 60.3 Å². The molecule has 1 atom stereocenters. The van der Waals surface area contributed by atoms with Crippen LogP contribution in [0.15, 0.2) is 16.6 Å². The van der Waals surface area contributed by atoms with Gasteiger partial charge in [0, 0.05) is 19.7 Å². The molecule has 0 radical (unpaired) electrons. The van der Waals surface area contributed by atoms with Crippen LogP contribution >= 0.6 is 15.9 Å². The number of rotatable bonds is 8. The third-order valence-electron chi connectivity index (χ3n) is 3.38. The van der Waals surface area contributed by atoms with E-state index in [1.165, 1.54) is 12.0 Å². The van der Waals surface area contributed by atoms with E-state index in [0.717, 1.165) is 42.1 Å². The molecule has 4 nitrogen and oxygen atoms in total. The molecule has 1 fully saturated rings. The summed E-state index contributed by atoms with van der Waals surface area (Å²) >= 11 is 3.57. The fourth-order valence-electron chi connectivity index (χ4n) is 2.45. The van der Waals surface area contributed by atoms with E-state index < -0.39 is 0 Å². The normalized spacial score (nSPS) is 18.0. The molecule has 21 heavy (non-hydrogen) atoms. The molecule has 1 aliphatic rings. The zero-order valence-electron chi connectivity index (χ0n) is 12.8. The lowest BCUT2D eigenvalue weighted by Crippen LogP contribution is -2.25. The largest absolute Gasteiger partial charge is 0.490 e. The van der Waals surface area contributed by atoms with Crippen LogP contribution in [0.3, 0.4) is 0 Å². The second-order valence-corrected chi connectivity index (χ2v) is 5.89. The maximum absolute atomic E-state index is 5.68. The van der Waals surface area contributed by atoms with Crippen LogP contribution in [0.1, 0.15) is 32.3 Å². The Bertz CT molecular complexity index is 447. The second-order valence-electron chi connectivity index (χ2n) is 5.04. The van der Waals surface area contributed by atoms with Gasteiger partial charge in [-0.25, -0.2) is 0 Å². The molecule has 1 N–H and O–H groups in total. The van der Waals surface area contributed by atoms with Gasteiger partial charge in [0.2, 0.25) is 0 Å². The van der Waals surface area contributed by atoms with Gasteiger partial charge in [-0.1, -0.05) is 0 Å². The summed E-state index contributed by atoms with van der Waals surface area (Å²) in [6.07, 6.45) is 2.70. The predicted molar refractivity (Wildman–Crippen MR) is 87.2 cm³/mol. The van der Waals surface area contributed by atoms with Crippen LogP contribution in [0.25, 0.3) is 0 Å². The Kier molecular flexibility index (Phi) is 6.80. The maximum atomic E-state index is 5.68. The van der Waals surface area contributed by atoms with E-state index in [2.05, 4.69) is 27.3 Å². The monoisotopic (exact) mass is 357 g/mol. The fraction of sp³-hybridized carbons (Fsp3) is 0.625. The Hall–Kier alpha value is -0.780. The van der Waals surface area contributed by atoms with Crippen molar-refractivity contribution in [2.24, 2.45) is 0 Å². The van der Waals surface area contributed by atoms with E-state index in [9.17, 15) is 0 Å². The molecule has 1 aromatic rings. The van der Waals surface area contributed by atoms with Gasteiger partial charge < -0.3 is 19.5 Å². The van der Waals surface area contributed by atoms with Gasteiger partial charge in [-0.2, -0.15) is 0 Å². The van der Waals surface area contributed by atoms with Gasteiger partial charge in [0.05, 0.1) is 23.8 Å². The zero-order valence-corrected chi connectivity index (χ0v) is 14.4. The minimum Gasteiger partial charge on any atom is -0.490 e. The van der Waals surface area contributed by atoms with Crippen LogP contribution in [0, 0.1) is 0 Å². The van der Waals surface area contributed by atoms with Crippen molar-refractivity contribution in [3.8, 4) is 11.5 Å². The molecular weight excluding hydrogens is 334 g/mol. The first-order valence-corrected chi connectivity index (χ1v) is 8.44. The molecule has 118 valence electrons. The highest BCUT2D eigenvalue weighted by Gasteiger charge is 2.15. The predicted octanol–water partition coefficient (Wildman–Crippen LogP) is 3.52. The third kappa shape index (κ3) is 4.87. The summed E-state index contributed by atoms with van der Waals surface area (Å²) in [7, 11) is 0. The molecule has 0 spiro atoms. The number of benzene rings is 1. The average molecular weight is 358 g/mol. The van der Waals surface area contributed by atoms with Crippen LogP contribution in [0.4, 0.5) is 0 Å². The van der Waals surface area contributed by atoms with Crippen molar-refractivity contribution in [2.75, 3.05) is 26.4 Å². The lowest BCUT2D eigenvalue weighted by Gasteiger charge is -2.15. The Morgan fingerprint density at radius 1 is 1.29 bits per heavy atom. The highest BCUT2D eigenvalue weighted by molar-refractivity contribution is 9.10. The summed E-state index contributed by atoms with van der Waals surface area (Å²) in [5.74, 6) is 1.57. The molecule has 0 bridgehead atoms. The topological polar surface area (TPSA) is 39.7 Å². The van der Waals surface area contributed by atoms with Crippen LogP contribution < -0.4 is 14.8 Å². The SMILES string of the molecule is CCOc1cc(CNCC2CCCO2)cc(Br)c1OCC. The molecule has 2 rings (SSSR count). The molecule has 0 aromatic heterocycles. The number of nitrogens with one attached hydrogen (secondary N) is 1. The first-order chi connectivity index (χ1) is 10.2. The van der Waals surface area contributed by atoms with Crippen LogP contribution in [0.5, 0.6) is 11.5 Å². The van der Waals surface area contributed by atoms with Crippen molar-refractivity contribution in [3.63, 3.8) is 0 Å². The van der Waals surface area contributed by atoms with Crippen LogP contribution in [0.2, 0.25) is 0 Å². The van der Waals surface area contributed by atoms with Crippen molar-refractivity contribution in [3.05, 3.63) is 22.2 Å². The number of halogens is 1. The zero-order chi connectivity index (χ0) is 15.1. The summed E-state index contributed by atoms with van der Waals surface area (Å²) in [4.78, 5) is 0. The van der Waals surface area contributed by atoms with Gasteiger partial charge in [0.15, 0.2) is 11.5 Å². The van der Waals surface area contributed by atoms with Gasteiger partial charge in [-0.3, -0.25) is 0 Å². The minimum atomic E-state index is 0.363. The quantitative estimate of drug-likeness (QED) is 0.772. The maximum Gasteiger partial charge on any atom is 0.175 e. The average Bonchev–Trinajstić information content (AvgIpc) is 2.96. The lowest BCUT2D eigenvalue weighted by molar-refractivity contribution is 0.110. The summed E-state index contributed by atoms with van der Waals surface area (Å²) in [5.41, 5.74) is 1.17. The molecule has 0 amide bonds. The van der Waals surface area contributed by atoms with E-state index in [1.54, 1.807) is 0 Å². The van der Waals surface area contributed by atoms with Gasteiger partial charge in [0.25, 0.3) is 0 Å². The van der Waals surface area contributed by atoms with E-state index in [-0.39, 0.29) is 0 Å². The smallest absolute Gasteiger partial charge is 0.175 e. The Morgan fingerprint density at radius 2 is 2.10 bits per heavy atom. The molecule has 1 aliphatic heterocycles. The van der Waals surface area contributed by atoms with E-state index in [1.807, 2.05) is 19.9 Å². The van der Waals surface area contributed by atoms with Crippen molar-refractivity contribution in [1.82, 2.24) is 5.32 Å². The van der Waals surface area contributed by atoms with Crippen LogP contribution in [-0.4, -0.2) is 32.5 Å². The standard InChI is InChI=1S/C16H24BrNO3/c1-3-19-15-9-12(8-14(17)16(15)20-4-2)10-18-11-13-6-5-7-21-13/h8-9,13,18H,3-7,10-11H2,1-2H3. The van der Waals surface area contributed by atoms with Crippen molar-refractivity contribution >= 4 is 15.9 Å². The van der Waals surface area contributed by atoms with Crippen molar-refractivity contribution < 1.29 is 14.2 Å². The molecule has 1 aromatic carbocycles. The molecule has 0 aliphatic carbocycles. The molecule has 5 heteroatoms. The molecule has 1 unspecified atom stereocenters. The Morgan fingerprint density at radius 3 is 2.76 bits per heavy atom. The summed E-state index contributed by atoms with van der Waals surface area (Å²) in [6, 6.07) is 4.12. The summed E-state index contributed by atoms with van der Waals surface area (Å²) in [6.45, 7) is 7.79. The third-order valence-corrected chi connectivity index (χ3v) is 3.97. The summed E-state index contributed by atoms with van der Waals surface area (Å²) in [5, 5.41) is 3.45. The van der Waals surface area contributed by atoms with Crippen molar-refractivity contribution in [1.29, 1.82) is 0 Å². The number of hydrogen-bond donors (Lipinski definition) is 1. The highest BCUT2D eigenvalue weighted by Crippen LogP contribution is 2.36. The van der Waals surface area contributed by atoms with E-state index in [0.29, 0.717) is 19.3 Å². The Balaban J connectivity index is 1.98. The van der Waals surface area contributed by atoms with E-state index >= 15 is 0 Å². The van der Waals surface area contributed by atoms with Crippen LogP contribution in [-0.2, 0) is 11.3 Å². The lowest BCUT2D eigenvalue weighted by atomic mass is 10.2. The second kappa shape index (κ2) is 8.61. The summed E-state index contributed by atoms with van der Waals surface area (Å²) < 4.78 is 17.9. The number of hydrogen-bond acceptors (Lipinski definition) is 4. The number of ether oxygens (including phenoxy) is 3. The molecular formula is C16H24BrNO3. The van der Waals surface area contributed by atoms with Gasteiger partial charge >= 0.3 is 0 Å². The molecule has 1 heterocycles. The molecule has 0 saturated carbocycles. The minimum absolute atomic E-state index is 0.363. The van der Waals surface area contributed by atoms with Gasteiger partial charge in [0.1, 0.15) is 0 Å². The fourth-order valence-corrected chi connectivity index (χ4v) is 3.06. The van der Waals surface area contributed by atoms with E-state index in [4.69, 9.17) is 14.2 Å². The first kappa shape index (κ1) is 16.6. The van der Waals surface area contributed by atoms with Gasteiger partial charge in [-0.15, -0.1) is 0 Å². The highest BCUT2D eigenvalue weighted by atomic mass is 79.9. The molecule has 1 saturated heterocycles. The Labute approximate surface area is 135 Å².